The lowest BCUT2D eigenvalue weighted by molar-refractivity contribution is -0.158. The number of nitrogens with one attached hydrogen (secondary N) is 1. The average Bonchev–Trinajstić information content (AvgIpc) is 2.70. The molecule has 1 aliphatic heterocycles. The molecule has 0 saturated carbocycles. The van der Waals surface area contributed by atoms with E-state index in [2.05, 4.69) is 5.32 Å². The quantitative estimate of drug-likeness (QED) is 0.646. The molecule has 29 heavy (non-hydrogen) atoms. The number of sulfonamides is 1. The molecule has 1 aromatic rings. The number of aryl methyl sites for hydroxylation is 1. The number of esters is 1. The van der Waals surface area contributed by atoms with Gasteiger partial charge in [0.15, 0.2) is 6.10 Å². The molecule has 1 amide bonds. The highest BCUT2D eigenvalue weighted by Crippen LogP contribution is 2.31. The SMILES string of the molecule is CCS(=O)(=O)N1CCC(C(=O)OC(C)C(=O)Nc2cc(C)c(Cl)cc2OC)CC1. The second kappa shape index (κ2) is 9.77. The molecule has 1 heterocycles. The number of halogens is 1. The molecule has 0 spiro atoms. The second-order valence-corrected chi connectivity index (χ2v) is 9.61. The van der Waals surface area contributed by atoms with E-state index >= 15 is 0 Å². The topological polar surface area (TPSA) is 102 Å². The van der Waals surface area contributed by atoms with Gasteiger partial charge in [-0.1, -0.05) is 11.6 Å². The Morgan fingerprint density at radius 2 is 1.93 bits per heavy atom. The van der Waals surface area contributed by atoms with Gasteiger partial charge >= 0.3 is 5.97 Å². The summed E-state index contributed by atoms with van der Waals surface area (Å²) in [4.78, 5) is 24.9. The van der Waals surface area contributed by atoms with Gasteiger partial charge in [0.25, 0.3) is 5.91 Å². The normalized spacial score (nSPS) is 16.9. The Labute approximate surface area is 176 Å². The molecular formula is C19H27ClN2O6S. The first kappa shape index (κ1) is 23.4. The molecule has 162 valence electrons. The Kier molecular flexibility index (Phi) is 7.90. The third kappa shape index (κ3) is 5.83. The van der Waals surface area contributed by atoms with Crippen molar-refractivity contribution in [1.29, 1.82) is 0 Å². The van der Waals surface area contributed by atoms with E-state index < -0.39 is 33.9 Å². The van der Waals surface area contributed by atoms with E-state index in [4.69, 9.17) is 21.1 Å². The molecule has 8 nitrogen and oxygen atoms in total. The molecule has 1 aromatic carbocycles. The van der Waals surface area contributed by atoms with Gasteiger partial charge in [-0.2, -0.15) is 0 Å². The molecule has 0 radical (unpaired) electrons. The van der Waals surface area contributed by atoms with Crippen molar-refractivity contribution in [3.05, 3.63) is 22.7 Å². The number of rotatable bonds is 7. The number of hydrogen-bond acceptors (Lipinski definition) is 6. The summed E-state index contributed by atoms with van der Waals surface area (Å²) in [6, 6.07) is 3.28. The number of benzene rings is 1. The molecule has 1 N–H and O–H groups in total. The highest BCUT2D eigenvalue weighted by Gasteiger charge is 2.32. The maximum Gasteiger partial charge on any atom is 0.309 e. The Bertz CT molecular complexity index is 866. The summed E-state index contributed by atoms with van der Waals surface area (Å²) >= 11 is 6.06. The summed E-state index contributed by atoms with van der Waals surface area (Å²) < 4.78 is 35.7. The van der Waals surface area contributed by atoms with Crippen molar-refractivity contribution < 1.29 is 27.5 Å². The Hall–Kier alpha value is -1.84. The molecule has 1 saturated heterocycles. The lowest BCUT2D eigenvalue weighted by Crippen LogP contribution is -2.42. The molecular weight excluding hydrogens is 420 g/mol. The van der Waals surface area contributed by atoms with E-state index in [-0.39, 0.29) is 18.8 Å². The number of hydrogen-bond donors (Lipinski definition) is 1. The van der Waals surface area contributed by atoms with Gasteiger partial charge < -0.3 is 14.8 Å². The summed E-state index contributed by atoms with van der Waals surface area (Å²) in [5.74, 6) is -0.991. The molecule has 2 rings (SSSR count). The zero-order chi connectivity index (χ0) is 21.8. The summed E-state index contributed by atoms with van der Waals surface area (Å²) in [6.07, 6.45) is -0.270. The molecule has 10 heteroatoms. The smallest absolute Gasteiger partial charge is 0.309 e. The van der Waals surface area contributed by atoms with Crippen LogP contribution in [0.1, 0.15) is 32.3 Å². The number of amides is 1. The monoisotopic (exact) mass is 446 g/mol. The number of carbonyl (C=O) groups is 2. The molecule has 0 bridgehead atoms. The van der Waals surface area contributed by atoms with Crippen LogP contribution in [0.25, 0.3) is 0 Å². The van der Waals surface area contributed by atoms with Crippen LogP contribution in [-0.2, 0) is 24.3 Å². The first-order chi connectivity index (χ1) is 13.6. The van der Waals surface area contributed by atoms with Crippen LogP contribution in [0.5, 0.6) is 5.75 Å². The first-order valence-electron chi connectivity index (χ1n) is 9.42. The van der Waals surface area contributed by atoms with E-state index in [0.717, 1.165) is 5.56 Å². The van der Waals surface area contributed by atoms with Crippen LogP contribution in [-0.4, -0.2) is 56.7 Å². The summed E-state index contributed by atoms with van der Waals surface area (Å²) in [5, 5.41) is 3.19. The predicted octanol–water partition coefficient (Wildman–Crippen LogP) is 2.59. The number of carbonyl (C=O) groups excluding carboxylic acids is 2. The fraction of sp³-hybridized carbons (Fsp3) is 0.579. The van der Waals surface area contributed by atoms with Gasteiger partial charge in [0, 0.05) is 24.2 Å². The van der Waals surface area contributed by atoms with Gasteiger partial charge in [-0.25, -0.2) is 12.7 Å². The first-order valence-corrected chi connectivity index (χ1v) is 11.4. The van der Waals surface area contributed by atoms with Crippen LogP contribution in [0.3, 0.4) is 0 Å². The van der Waals surface area contributed by atoms with Crippen LogP contribution >= 0.6 is 11.6 Å². The predicted molar refractivity (Wildman–Crippen MR) is 111 cm³/mol. The molecule has 0 aromatic heterocycles. The van der Waals surface area contributed by atoms with Crippen molar-refractivity contribution in [1.82, 2.24) is 4.31 Å². The van der Waals surface area contributed by atoms with Gasteiger partial charge in [0.2, 0.25) is 10.0 Å². The number of piperidine rings is 1. The van der Waals surface area contributed by atoms with Crippen LogP contribution in [0.15, 0.2) is 12.1 Å². The third-order valence-electron chi connectivity index (χ3n) is 4.95. The van der Waals surface area contributed by atoms with Gasteiger partial charge in [-0.3, -0.25) is 9.59 Å². The van der Waals surface area contributed by atoms with Gasteiger partial charge in [-0.05, 0) is 45.2 Å². The minimum Gasteiger partial charge on any atom is -0.495 e. The summed E-state index contributed by atoms with van der Waals surface area (Å²) in [7, 11) is -1.80. The minimum absolute atomic E-state index is 0.0347. The van der Waals surface area contributed by atoms with Crippen molar-refractivity contribution in [2.75, 3.05) is 31.3 Å². The highest BCUT2D eigenvalue weighted by atomic mass is 35.5. The van der Waals surface area contributed by atoms with Crippen molar-refractivity contribution in [3.8, 4) is 5.75 Å². The average molecular weight is 447 g/mol. The maximum atomic E-state index is 12.5. The Balaban J connectivity index is 1.93. The third-order valence-corrected chi connectivity index (χ3v) is 7.23. The number of anilines is 1. The standard InChI is InChI=1S/C19H27ClN2O6S/c1-5-29(25,26)22-8-6-14(7-9-22)19(24)28-13(3)18(23)21-16-10-12(2)15(20)11-17(16)27-4/h10-11,13-14H,5-9H2,1-4H3,(H,21,23). The van der Waals surface area contributed by atoms with E-state index in [0.29, 0.717) is 29.3 Å². The van der Waals surface area contributed by atoms with E-state index in [1.165, 1.54) is 18.3 Å². The van der Waals surface area contributed by atoms with Crippen LogP contribution in [0.2, 0.25) is 5.02 Å². The molecule has 0 aliphatic carbocycles. The zero-order valence-electron chi connectivity index (χ0n) is 17.0. The van der Waals surface area contributed by atoms with Crippen molar-refractivity contribution >= 4 is 39.2 Å². The highest BCUT2D eigenvalue weighted by molar-refractivity contribution is 7.89. The largest absolute Gasteiger partial charge is 0.495 e. The Morgan fingerprint density at radius 3 is 2.48 bits per heavy atom. The van der Waals surface area contributed by atoms with Gasteiger partial charge in [-0.15, -0.1) is 0 Å². The number of ether oxygens (including phenoxy) is 2. The fourth-order valence-electron chi connectivity index (χ4n) is 3.04. The van der Waals surface area contributed by atoms with Gasteiger partial charge in [0.05, 0.1) is 24.5 Å². The van der Waals surface area contributed by atoms with Crippen LogP contribution < -0.4 is 10.1 Å². The van der Waals surface area contributed by atoms with Crippen LogP contribution in [0.4, 0.5) is 5.69 Å². The molecule has 1 unspecified atom stereocenters. The minimum atomic E-state index is -3.26. The van der Waals surface area contributed by atoms with Crippen molar-refractivity contribution in [3.63, 3.8) is 0 Å². The van der Waals surface area contributed by atoms with E-state index in [1.54, 1.807) is 26.0 Å². The van der Waals surface area contributed by atoms with Crippen molar-refractivity contribution in [2.45, 2.75) is 39.7 Å². The molecule has 1 fully saturated rings. The summed E-state index contributed by atoms with van der Waals surface area (Å²) in [5.41, 5.74) is 1.20. The second-order valence-electron chi connectivity index (χ2n) is 6.94. The fourth-order valence-corrected chi connectivity index (χ4v) is 4.33. The van der Waals surface area contributed by atoms with E-state index in [1.807, 2.05) is 0 Å². The molecule has 1 aliphatic rings. The molecule has 1 atom stereocenters. The van der Waals surface area contributed by atoms with E-state index in [9.17, 15) is 18.0 Å². The summed E-state index contributed by atoms with van der Waals surface area (Å²) in [6.45, 7) is 5.42. The maximum absolute atomic E-state index is 12.5. The lowest BCUT2D eigenvalue weighted by Gasteiger charge is -2.30. The number of methoxy groups -OCH3 is 1. The number of nitrogens with zero attached hydrogens (tertiary/aromatic N) is 1. The van der Waals surface area contributed by atoms with Gasteiger partial charge in [0.1, 0.15) is 5.75 Å². The van der Waals surface area contributed by atoms with Crippen LogP contribution in [0, 0.1) is 12.8 Å². The van der Waals surface area contributed by atoms with Crippen molar-refractivity contribution in [2.24, 2.45) is 5.92 Å². The zero-order valence-corrected chi connectivity index (χ0v) is 18.6. The Morgan fingerprint density at radius 1 is 1.31 bits per heavy atom. The lowest BCUT2D eigenvalue weighted by atomic mass is 9.98.